The third-order valence-electron chi connectivity index (χ3n) is 4.31. The van der Waals surface area contributed by atoms with Gasteiger partial charge in [-0.25, -0.2) is 9.38 Å². The standard InChI is InChI=1S/C19H27BrFN5/c1-6-22-19(23-11-15-10-16(21)7-8-18(15)20)24-12(2)9-17-13(3)25-26(5)14(17)4/h7-8,10,12H,6,9,11H2,1-5H3,(H2,22,23,24). The number of nitrogens with zero attached hydrogens (tertiary/aromatic N) is 3. The Morgan fingerprint density at radius 2 is 2.12 bits per heavy atom. The van der Waals surface area contributed by atoms with Crippen LogP contribution in [-0.2, 0) is 20.0 Å². The summed E-state index contributed by atoms with van der Waals surface area (Å²) in [6.45, 7) is 9.42. The number of rotatable bonds is 6. The molecule has 2 rings (SSSR count). The van der Waals surface area contributed by atoms with Gasteiger partial charge in [-0.1, -0.05) is 15.9 Å². The molecule has 0 bridgehead atoms. The fourth-order valence-corrected chi connectivity index (χ4v) is 3.22. The van der Waals surface area contributed by atoms with Crippen LogP contribution in [0.15, 0.2) is 27.7 Å². The van der Waals surface area contributed by atoms with Crippen molar-refractivity contribution in [1.82, 2.24) is 20.4 Å². The van der Waals surface area contributed by atoms with Gasteiger partial charge in [0.15, 0.2) is 5.96 Å². The Morgan fingerprint density at radius 3 is 2.73 bits per heavy atom. The molecule has 0 radical (unpaired) electrons. The summed E-state index contributed by atoms with van der Waals surface area (Å²) in [6, 6.07) is 4.83. The molecular formula is C19H27BrFN5. The minimum atomic E-state index is -0.257. The average molecular weight is 424 g/mol. The predicted molar refractivity (Wildman–Crippen MR) is 108 cm³/mol. The molecule has 0 saturated carbocycles. The molecule has 0 amide bonds. The van der Waals surface area contributed by atoms with Gasteiger partial charge in [0.05, 0.1) is 12.2 Å². The van der Waals surface area contributed by atoms with Crippen LogP contribution in [-0.4, -0.2) is 28.3 Å². The molecule has 5 nitrogen and oxygen atoms in total. The third-order valence-corrected chi connectivity index (χ3v) is 5.09. The first-order valence-electron chi connectivity index (χ1n) is 8.79. The molecule has 0 aliphatic rings. The molecule has 1 unspecified atom stereocenters. The minimum absolute atomic E-state index is 0.186. The maximum absolute atomic E-state index is 13.4. The van der Waals surface area contributed by atoms with Gasteiger partial charge in [0.1, 0.15) is 5.82 Å². The lowest BCUT2D eigenvalue weighted by molar-refractivity contribution is 0.623. The van der Waals surface area contributed by atoms with Gasteiger partial charge >= 0.3 is 0 Å². The Hall–Kier alpha value is -1.89. The van der Waals surface area contributed by atoms with Gasteiger partial charge in [-0.15, -0.1) is 0 Å². The first-order chi connectivity index (χ1) is 12.3. The van der Waals surface area contributed by atoms with Crippen LogP contribution in [0.5, 0.6) is 0 Å². The van der Waals surface area contributed by atoms with Crippen molar-refractivity contribution in [1.29, 1.82) is 0 Å². The quantitative estimate of drug-likeness (QED) is 0.550. The van der Waals surface area contributed by atoms with E-state index in [9.17, 15) is 4.39 Å². The van der Waals surface area contributed by atoms with Crippen LogP contribution >= 0.6 is 15.9 Å². The lowest BCUT2D eigenvalue weighted by Gasteiger charge is -2.18. The van der Waals surface area contributed by atoms with Crippen molar-refractivity contribution in [2.75, 3.05) is 6.54 Å². The largest absolute Gasteiger partial charge is 0.357 e. The molecule has 1 heterocycles. The lowest BCUT2D eigenvalue weighted by Crippen LogP contribution is -2.43. The maximum atomic E-state index is 13.4. The van der Waals surface area contributed by atoms with Gasteiger partial charge < -0.3 is 10.6 Å². The Kier molecular flexibility index (Phi) is 7.20. The molecule has 2 aromatic rings. The van der Waals surface area contributed by atoms with E-state index in [-0.39, 0.29) is 11.9 Å². The molecule has 0 fully saturated rings. The number of benzene rings is 1. The molecule has 0 spiro atoms. The Morgan fingerprint density at radius 1 is 1.38 bits per heavy atom. The zero-order chi connectivity index (χ0) is 19.3. The van der Waals surface area contributed by atoms with Crippen LogP contribution < -0.4 is 10.6 Å². The van der Waals surface area contributed by atoms with E-state index in [1.165, 1.54) is 23.4 Å². The van der Waals surface area contributed by atoms with Crippen LogP contribution in [0.1, 0.15) is 36.4 Å². The van der Waals surface area contributed by atoms with E-state index in [0.29, 0.717) is 6.54 Å². The fraction of sp³-hybridized carbons (Fsp3) is 0.474. The van der Waals surface area contributed by atoms with E-state index >= 15 is 0 Å². The molecular weight excluding hydrogens is 397 g/mol. The predicted octanol–water partition coefficient (Wildman–Crippen LogP) is 3.62. The summed E-state index contributed by atoms with van der Waals surface area (Å²) >= 11 is 3.45. The molecule has 0 aliphatic heterocycles. The minimum Gasteiger partial charge on any atom is -0.357 e. The molecule has 1 aromatic carbocycles. The highest BCUT2D eigenvalue weighted by Gasteiger charge is 2.14. The van der Waals surface area contributed by atoms with Crippen molar-refractivity contribution in [2.24, 2.45) is 12.0 Å². The second-order valence-corrected chi connectivity index (χ2v) is 7.31. The molecule has 7 heteroatoms. The first kappa shape index (κ1) is 20.4. The van der Waals surface area contributed by atoms with Gasteiger partial charge in [-0.2, -0.15) is 5.10 Å². The van der Waals surface area contributed by atoms with Crippen LogP contribution in [0, 0.1) is 19.7 Å². The van der Waals surface area contributed by atoms with Crippen molar-refractivity contribution >= 4 is 21.9 Å². The highest BCUT2D eigenvalue weighted by atomic mass is 79.9. The maximum Gasteiger partial charge on any atom is 0.191 e. The number of guanidine groups is 1. The lowest BCUT2D eigenvalue weighted by atomic mass is 10.1. The van der Waals surface area contributed by atoms with E-state index in [1.54, 1.807) is 6.07 Å². The number of aryl methyl sites for hydroxylation is 2. The fourth-order valence-electron chi connectivity index (χ4n) is 2.85. The first-order valence-corrected chi connectivity index (χ1v) is 9.59. The summed E-state index contributed by atoms with van der Waals surface area (Å²) in [5.41, 5.74) is 4.32. The van der Waals surface area contributed by atoms with Crippen LogP contribution in [0.3, 0.4) is 0 Å². The summed E-state index contributed by atoms with van der Waals surface area (Å²) in [5.74, 6) is 0.461. The number of hydrogen-bond donors (Lipinski definition) is 2. The van der Waals surface area contributed by atoms with E-state index in [0.717, 1.165) is 34.7 Å². The topological polar surface area (TPSA) is 54.2 Å². The zero-order valence-electron chi connectivity index (χ0n) is 16.0. The van der Waals surface area contributed by atoms with Gasteiger partial charge in [-0.3, -0.25) is 4.68 Å². The summed E-state index contributed by atoms with van der Waals surface area (Å²) in [4.78, 5) is 4.59. The van der Waals surface area contributed by atoms with Crippen molar-refractivity contribution in [3.63, 3.8) is 0 Å². The van der Waals surface area contributed by atoms with Crippen molar-refractivity contribution in [3.05, 3.63) is 51.0 Å². The van der Waals surface area contributed by atoms with E-state index in [1.807, 2.05) is 25.6 Å². The smallest absolute Gasteiger partial charge is 0.191 e. The number of hydrogen-bond acceptors (Lipinski definition) is 2. The Bertz CT molecular complexity index is 784. The van der Waals surface area contributed by atoms with Crippen molar-refractivity contribution < 1.29 is 4.39 Å². The van der Waals surface area contributed by atoms with Crippen LogP contribution in [0.25, 0.3) is 0 Å². The molecule has 2 N–H and O–H groups in total. The molecule has 1 atom stereocenters. The number of nitrogens with one attached hydrogen (secondary N) is 2. The summed E-state index contributed by atoms with van der Waals surface area (Å²) < 4.78 is 16.2. The van der Waals surface area contributed by atoms with E-state index in [4.69, 9.17) is 0 Å². The van der Waals surface area contributed by atoms with E-state index in [2.05, 4.69) is 50.5 Å². The Labute approximate surface area is 163 Å². The molecule has 0 saturated heterocycles. The normalized spacial score (nSPS) is 13.0. The second kappa shape index (κ2) is 9.16. The summed E-state index contributed by atoms with van der Waals surface area (Å²) in [6.07, 6.45) is 0.861. The number of aromatic nitrogens is 2. The Balaban J connectivity index is 2.07. The SMILES string of the molecule is CCNC(=NCc1cc(F)ccc1Br)NC(C)Cc1c(C)nn(C)c1C. The molecule has 1 aromatic heterocycles. The third kappa shape index (κ3) is 5.30. The molecule has 142 valence electrons. The van der Waals surface area contributed by atoms with Gasteiger partial charge in [-0.05, 0) is 63.4 Å². The van der Waals surface area contributed by atoms with Crippen molar-refractivity contribution in [3.8, 4) is 0 Å². The summed E-state index contributed by atoms with van der Waals surface area (Å²) in [7, 11) is 1.96. The second-order valence-electron chi connectivity index (χ2n) is 6.45. The van der Waals surface area contributed by atoms with Gasteiger partial charge in [0.25, 0.3) is 0 Å². The number of halogens is 2. The molecule has 26 heavy (non-hydrogen) atoms. The highest BCUT2D eigenvalue weighted by molar-refractivity contribution is 9.10. The average Bonchev–Trinajstić information content (AvgIpc) is 2.82. The van der Waals surface area contributed by atoms with Crippen LogP contribution in [0.2, 0.25) is 0 Å². The van der Waals surface area contributed by atoms with Crippen LogP contribution in [0.4, 0.5) is 4.39 Å². The van der Waals surface area contributed by atoms with Crippen molar-refractivity contribution in [2.45, 2.75) is 46.7 Å². The van der Waals surface area contributed by atoms with E-state index < -0.39 is 0 Å². The number of aliphatic imine (C=N–C) groups is 1. The summed E-state index contributed by atoms with van der Waals surface area (Å²) in [5, 5.41) is 11.1. The highest BCUT2D eigenvalue weighted by Crippen LogP contribution is 2.18. The van der Waals surface area contributed by atoms with Gasteiger partial charge in [0.2, 0.25) is 0 Å². The zero-order valence-corrected chi connectivity index (χ0v) is 17.6. The monoisotopic (exact) mass is 423 g/mol. The van der Waals surface area contributed by atoms with Gasteiger partial charge in [0, 0.05) is 29.8 Å². The molecule has 0 aliphatic carbocycles.